The predicted molar refractivity (Wildman–Crippen MR) is 146 cm³/mol. The van der Waals surface area contributed by atoms with Gasteiger partial charge >= 0.3 is 0 Å². The predicted octanol–water partition coefficient (Wildman–Crippen LogP) is 4.74. The smallest absolute Gasteiger partial charge is 0.243 e. The van der Waals surface area contributed by atoms with Crippen LogP contribution in [0.2, 0.25) is 0 Å². The Morgan fingerprint density at radius 3 is 2.06 bits per heavy atom. The molecule has 2 fully saturated rings. The minimum atomic E-state index is -3.49. The Labute approximate surface area is 214 Å². The summed E-state index contributed by atoms with van der Waals surface area (Å²) in [5.74, 6) is 0.845. The first-order chi connectivity index (χ1) is 17.5. The number of para-hydroxylation sites is 1. The van der Waals surface area contributed by atoms with E-state index in [4.69, 9.17) is 0 Å². The second-order valence-corrected chi connectivity index (χ2v) is 11.7. The molecule has 0 aliphatic carbocycles. The minimum Gasteiger partial charge on any atom is -0.382 e. The van der Waals surface area contributed by atoms with E-state index in [0.29, 0.717) is 24.0 Å². The largest absolute Gasteiger partial charge is 0.382 e. The van der Waals surface area contributed by atoms with Gasteiger partial charge in [-0.1, -0.05) is 24.3 Å². The van der Waals surface area contributed by atoms with Crippen molar-refractivity contribution in [2.75, 3.05) is 41.7 Å². The number of nitrogens with zero attached hydrogens (tertiary/aromatic N) is 3. The number of sulfonamides is 1. The summed E-state index contributed by atoms with van der Waals surface area (Å²) in [7, 11) is -3.49. The van der Waals surface area contributed by atoms with Crippen molar-refractivity contribution in [3.8, 4) is 0 Å². The Hall–Kier alpha value is -3.10. The summed E-state index contributed by atoms with van der Waals surface area (Å²) in [5.41, 5.74) is 3.37. The SMILES string of the molecule is Cc1ccc(NC2CCN(S(=O)(=O)c3ccc(N4CCC(Nc5ccccc5)CC4)cc3)CC2)nc1. The van der Waals surface area contributed by atoms with E-state index in [9.17, 15) is 8.42 Å². The number of hydrogen-bond acceptors (Lipinski definition) is 6. The van der Waals surface area contributed by atoms with Gasteiger partial charge in [-0.25, -0.2) is 13.4 Å². The number of piperidine rings is 2. The lowest BCUT2D eigenvalue weighted by Crippen LogP contribution is -2.42. The van der Waals surface area contributed by atoms with Crippen LogP contribution in [0.15, 0.2) is 77.8 Å². The van der Waals surface area contributed by atoms with Crippen molar-refractivity contribution < 1.29 is 8.42 Å². The van der Waals surface area contributed by atoms with Crippen LogP contribution in [0.25, 0.3) is 0 Å². The zero-order valence-corrected chi connectivity index (χ0v) is 21.6. The average molecular weight is 506 g/mol. The van der Waals surface area contributed by atoms with Gasteiger partial charge in [-0.3, -0.25) is 0 Å². The van der Waals surface area contributed by atoms with E-state index >= 15 is 0 Å². The molecule has 190 valence electrons. The molecule has 0 radical (unpaired) electrons. The average Bonchev–Trinajstić information content (AvgIpc) is 2.91. The van der Waals surface area contributed by atoms with Crippen molar-refractivity contribution in [3.63, 3.8) is 0 Å². The van der Waals surface area contributed by atoms with Crippen LogP contribution in [0.4, 0.5) is 17.2 Å². The van der Waals surface area contributed by atoms with Crippen LogP contribution >= 0.6 is 0 Å². The van der Waals surface area contributed by atoms with Gasteiger partial charge in [0.05, 0.1) is 4.90 Å². The zero-order valence-electron chi connectivity index (χ0n) is 20.8. The molecule has 2 saturated heterocycles. The van der Waals surface area contributed by atoms with Crippen molar-refractivity contribution in [1.29, 1.82) is 0 Å². The molecule has 0 spiro atoms. The molecule has 2 aliphatic heterocycles. The monoisotopic (exact) mass is 505 g/mol. The third kappa shape index (κ3) is 5.82. The van der Waals surface area contributed by atoms with Gasteiger partial charge in [0.2, 0.25) is 10.0 Å². The summed E-state index contributed by atoms with van der Waals surface area (Å²) in [4.78, 5) is 7.12. The van der Waals surface area contributed by atoms with Crippen LogP contribution in [-0.2, 0) is 10.0 Å². The molecule has 0 bridgehead atoms. The van der Waals surface area contributed by atoms with Crippen LogP contribution in [0, 0.1) is 6.92 Å². The lowest BCUT2D eigenvalue weighted by atomic mass is 10.0. The molecule has 0 unspecified atom stereocenters. The van der Waals surface area contributed by atoms with Gasteiger partial charge in [0.1, 0.15) is 5.82 Å². The van der Waals surface area contributed by atoms with Crippen LogP contribution in [0.5, 0.6) is 0 Å². The van der Waals surface area contributed by atoms with Crippen LogP contribution in [0.1, 0.15) is 31.2 Å². The zero-order chi connectivity index (χ0) is 25.0. The topological polar surface area (TPSA) is 77.6 Å². The molecule has 3 aromatic rings. The van der Waals surface area contributed by atoms with E-state index in [1.165, 1.54) is 0 Å². The van der Waals surface area contributed by atoms with Crippen LogP contribution in [0.3, 0.4) is 0 Å². The van der Waals surface area contributed by atoms with Crippen molar-refractivity contribution in [2.45, 2.75) is 49.6 Å². The van der Waals surface area contributed by atoms with Crippen LogP contribution < -0.4 is 15.5 Å². The first-order valence-electron chi connectivity index (χ1n) is 12.8. The number of aryl methyl sites for hydroxylation is 1. The fraction of sp³-hybridized carbons (Fsp3) is 0.393. The second-order valence-electron chi connectivity index (χ2n) is 9.81. The molecule has 0 saturated carbocycles. The summed E-state index contributed by atoms with van der Waals surface area (Å²) < 4.78 is 28.1. The van der Waals surface area contributed by atoms with E-state index in [1.54, 1.807) is 16.4 Å². The molecule has 36 heavy (non-hydrogen) atoms. The van der Waals surface area contributed by atoms with E-state index in [0.717, 1.165) is 61.5 Å². The third-order valence-corrected chi connectivity index (χ3v) is 9.11. The number of rotatable bonds is 7. The molecule has 8 heteroatoms. The molecule has 1 aromatic heterocycles. The maximum Gasteiger partial charge on any atom is 0.243 e. The van der Waals surface area contributed by atoms with Gasteiger partial charge in [0.25, 0.3) is 0 Å². The second kappa shape index (κ2) is 10.9. The maximum absolute atomic E-state index is 13.3. The summed E-state index contributed by atoms with van der Waals surface area (Å²) >= 11 is 0. The first-order valence-corrected chi connectivity index (χ1v) is 14.3. The van der Waals surface area contributed by atoms with Gasteiger partial charge < -0.3 is 15.5 Å². The number of nitrogens with one attached hydrogen (secondary N) is 2. The molecule has 2 N–H and O–H groups in total. The lowest BCUT2D eigenvalue weighted by Gasteiger charge is -2.34. The molecule has 0 amide bonds. The Morgan fingerprint density at radius 1 is 0.778 bits per heavy atom. The summed E-state index contributed by atoms with van der Waals surface area (Å²) in [6.45, 7) is 4.93. The molecule has 2 aromatic carbocycles. The number of benzene rings is 2. The van der Waals surface area contributed by atoms with E-state index < -0.39 is 10.0 Å². The first kappa shape index (κ1) is 24.6. The van der Waals surface area contributed by atoms with E-state index in [-0.39, 0.29) is 6.04 Å². The summed E-state index contributed by atoms with van der Waals surface area (Å²) in [6, 6.07) is 22.5. The number of aromatic nitrogens is 1. The highest BCUT2D eigenvalue weighted by Gasteiger charge is 2.30. The molecule has 5 rings (SSSR count). The van der Waals surface area contributed by atoms with Gasteiger partial charge in [-0.2, -0.15) is 4.31 Å². The standard InChI is InChI=1S/C28H35N5O2S/c1-22-7-12-28(29-21-22)31-25-15-19-33(20-16-25)36(34,35)27-10-8-26(9-11-27)32-17-13-24(14-18-32)30-23-5-3-2-4-6-23/h2-12,21,24-25,30H,13-20H2,1H3,(H,29,31). The Balaban J connectivity index is 1.13. The number of pyridine rings is 1. The highest BCUT2D eigenvalue weighted by atomic mass is 32.2. The highest BCUT2D eigenvalue weighted by Crippen LogP contribution is 2.26. The molecule has 2 aliphatic rings. The number of hydrogen-bond donors (Lipinski definition) is 2. The molecule has 7 nitrogen and oxygen atoms in total. The van der Waals surface area contributed by atoms with Gasteiger partial charge in [0, 0.05) is 55.8 Å². The van der Waals surface area contributed by atoms with Gasteiger partial charge in [-0.15, -0.1) is 0 Å². The molecule has 0 atom stereocenters. The Morgan fingerprint density at radius 2 is 1.42 bits per heavy atom. The number of anilines is 3. The van der Waals surface area contributed by atoms with E-state index in [1.807, 2.05) is 43.5 Å². The maximum atomic E-state index is 13.3. The normalized spacial score (nSPS) is 18.2. The van der Waals surface area contributed by atoms with Gasteiger partial charge in [-0.05, 0) is 80.6 Å². The van der Waals surface area contributed by atoms with E-state index in [2.05, 4.69) is 44.8 Å². The minimum absolute atomic E-state index is 0.230. The summed E-state index contributed by atoms with van der Waals surface area (Å²) in [6.07, 6.45) is 5.47. The van der Waals surface area contributed by atoms with Crippen molar-refractivity contribution in [1.82, 2.24) is 9.29 Å². The molecular formula is C28H35N5O2S. The summed E-state index contributed by atoms with van der Waals surface area (Å²) in [5, 5.41) is 7.06. The Bertz CT molecular complexity index is 1220. The van der Waals surface area contributed by atoms with Crippen molar-refractivity contribution >= 4 is 27.2 Å². The van der Waals surface area contributed by atoms with Gasteiger partial charge in [0.15, 0.2) is 0 Å². The van der Waals surface area contributed by atoms with Crippen LogP contribution in [-0.4, -0.2) is 56.0 Å². The molecule has 3 heterocycles. The van der Waals surface area contributed by atoms with Crippen molar-refractivity contribution in [3.05, 3.63) is 78.5 Å². The Kier molecular flexibility index (Phi) is 7.43. The quantitative estimate of drug-likeness (QED) is 0.483. The fourth-order valence-corrected chi connectivity index (χ4v) is 6.50. The molecular weight excluding hydrogens is 470 g/mol. The highest BCUT2D eigenvalue weighted by molar-refractivity contribution is 7.89. The van der Waals surface area contributed by atoms with Crippen molar-refractivity contribution in [2.24, 2.45) is 0 Å². The third-order valence-electron chi connectivity index (χ3n) is 7.20. The fourth-order valence-electron chi connectivity index (χ4n) is 5.03. The lowest BCUT2D eigenvalue weighted by molar-refractivity contribution is 0.329.